The fourth-order valence-electron chi connectivity index (χ4n) is 2.71. The second-order valence-corrected chi connectivity index (χ2v) is 4.80. The average molecular weight is 251 g/mol. The third-order valence-electron chi connectivity index (χ3n) is 3.86. The maximum atomic E-state index is 12.8. The van der Waals surface area contributed by atoms with Gasteiger partial charge in [-0.15, -0.1) is 0 Å². The molecule has 0 bridgehead atoms. The Labute approximate surface area is 114 Å². The van der Waals surface area contributed by atoms with Gasteiger partial charge >= 0.3 is 0 Å². The third kappa shape index (κ3) is 2.37. The number of nitrogens with zero attached hydrogens (tertiary/aromatic N) is 1. The van der Waals surface area contributed by atoms with Crippen LogP contribution in [0.4, 0.5) is 0 Å². The number of hydrogen-bond acceptors (Lipinski definition) is 2. The zero-order chi connectivity index (χ0) is 13.7. The molecule has 0 aromatic heterocycles. The summed E-state index contributed by atoms with van der Waals surface area (Å²) in [6.45, 7) is 2.01. The molecule has 0 aliphatic heterocycles. The summed E-state index contributed by atoms with van der Waals surface area (Å²) < 4.78 is 0. The lowest BCUT2D eigenvalue weighted by Crippen LogP contribution is -2.36. The maximum Gasteiger partial charge on any atom is 0.173 e. The summed E-state index contributed by atoms with van der Waals surface area (Å²) in [5.74, 6) is 0.0663. The second-order valence-electron chi connectivity index (χ2n) is 4.80. The van der Waals surface area contributed by atoms with Crippen LogP contribution in [0, 0.1) is 22.7 Å². The number of allylic oxidation sites excluding steroid dienone is 4. The highest BCUT2D eigenvalue weighted by molar-refractivity contribution is 6.02. The number of nitriles is 1. The van der Waals surface area contributed by atoms with Crippen molar-refractivity contribution >= 4 is 5.78 Å². The number of rotatable bonds is 4. The van der Waals surface area contributed by atoms with Gasteiger partial charge in [-0.2, -0.15) is 5.26 Å². The SMILES string of the molecule is CCC1(C(=O)c2ccccc2)C=CC=CC1CC#N. The van der Waals surface area contributed by atoms with E-state index in [1.807, 2.05) is 61.6 Å². The minimum Gasteiger partial charge on any atom is -0.293 e. The summed E-state index contributed by atoms with van der Waals surface area (Å²) in [6, 6.07) is 11.5. The normalized spacial score (nSPS) is 24.9. The fraction of sp³-hybridized carbons (Fsp3) is 0.294. The first-order valence-corrected chi connectivity index (χ1v) is 6.57. The van der Waals surface area contributed by atoms with Gasteiger partial charge in [0.05, 0.1) is 11.5 Å². The molecule has 0 saturated carbocycles. The van der Waals surface area contributed by atoms with E-state index in [2.05, 4.69) is 6.07 Å². The van der Waals surface area contributed by atoms with Crippen LogP contribution in [0.1, 0.15) is 30.1 Å². The van der Waals surface area contributed by atoms with E-state index in [1.54, 1.807) is 0 Å². The predicted octanol–water partition coefficient (Wildman–Crippen LogP) is 3.92. The van der Waals surface area contributed by atoms with E-state index in [9.17, 15) is 4.79 Å². The molecular formula is C17H17NO. The van der Waals surface area contributed by atoms with Crippen LogP contribution in [0.15, 0.2) is 54.6 Å². The van der Waals surface area contributed by atoms with Crippen LogP contribution in [-0.4, -0.2) is 5.78 Å². The molecule has 2 heteroatoms. The van der Waals surface area contributed by atoms with Crippen LogP contribution in [0.5, 0.6) is 0 Å². The van der Waals surface area contributed by atoms with Crippen LogP contribution in [0.3, 0.4) is 0 Å². The summed E-state index contributed by atoms with van der Waals surface area (Å²) >= 11 is 0. The quantitative estimate of drug-likeness (QED) is 0.761. The van der Waals surface area contributed by atoms with E-state index < -0.39 is 5.41 Å². The molecule has 1 aromatic carbocycles. The summed E-state index contributed by atoms with van der Waals surface area (Å²) in [5.41, 5.74) is 0.137. The minimum atomic E-state index is -0.578. The summed E-state index contributed by atoms with van der Waals surface area (Å²) in [4.78, 5) is 12.8. The Bertz CT molecular complexity index is 550. The Morgan fingerprint density at radius 1 is 1.32 bits per heavy atom. The lowest BCUT2D eigenvalue weighted by molar-refractivity contribution is 0.0790. The molecular weight excluding hydrogens is 234 g/mol. The number of benzene rings is 1. The fourth-order valence-corrected chi connectivity index (χ4v) is 2.71. The zero-order valence-corrected chi connectivity index (χ0v) is 11.0. The topological polar surface area (TPSA) is 40.9 Å². The standard InChI is InChI=1S/C17H17NO/c1-2-17(12-7-6-10-15(17)11-13-18)16(19)14-8-4-3-5-9-14/h3-10,12,15H,2,11H2,1H3. The van der Waals surface area contributed by atoms with Crippen LogP contribution in [0.2, 0.25) is 0 Å². The maximum absolute atomic E-state index is 12.8. The van der Waals surface area contributed by atoms with Crippen molar-refractivity contribution in [3.05, 3.63) is 60.2 Å². The molecule has 2 unspecified atom stereocenters. The van der Waals surface area contributed by atoms with Gasteiger partial charge in [0.1, 0.15) is 0 Å². The lowest BCUT2D eigenvalue weighted by atomic mass is 9.65. The number of hydrogen-bond donors (Lipinski definition) is 0. The summed E-state index contributed by atoms with van der Waals surface area (Å²) in [6.07, 6.45) is 8.85. The zero-order valence-electron chi connectivity index (χ0n) is 11.0. The van der Waals surface area contributed by atoms with Crippen molar-refractivity contribution in [3.63, 3.8) is 0 Å². The van der Waals surface area contributed by atoms with Crippen molar-refractivity contribution in [2.75, 3.05) is 0 Å². The first-order valence-electron chi connectivity index (χ1n) is 6.57. The van der Waals surface area contributed by atoms with Gasteiger partial charge in [0, 0.05) is 17.9 Å². The van der Waals surface area contributed by atoms with Gasteiger partial charge < -0.3 is 0 Å². The van der Waals surface area contributed by atoms with E-state index in [0.29, 0.717) is 18.4 Å². The van der Waals surface area contributed by atoms with E-state index in [4.69, 9.17) is 5.26 Å². The Hall–Kier alpha value is -2.14. The minimum absolute atomic E-state index is 0.0415. The highest BCUT2D eigenvalue weighted by atomic mass is 16.1. The van der Waals surface area contributed by atoms with Crippen molar-refractivity contribution in [3.8, 4) is 6.07 Å². The Kier molecular flexibility index (Phi) is 3.97. The molecule has 19 heavy (non-hydrogen) atoms. The van der Waals surface area contributed by atoms with Gasteiger partial charge in [-0.25, -0.2) is 0 Å². The average Bonchev–Trinajstić information content (AvgIpc) is 2.48. The number of Topliss-reactive ketones (excluding diaryl/α,β-unsaturated/α-hetero) is 1. The highest BCUT2D eigenvalue weighted by Crippen LogP contribution is 2.41. The summed E-state index contributed by atoms with van der Waals surface area (Å²) in [5, 5.41) is 8.98. The Morgan fingerprint density at radius 2 is 2.05 bits per heavy atom. The molecule has 2 nitrogen and oxygen atoms in total. The molecule has 0 amide bonds. The van der Waals surface area contributed by atoms with Crippen LogP contribution >= 0.6 is 0 Å². The van der Waals surface area contributed by atoms with Gasteiger partial charge in [0.25, 0.3) is 0 Å². The van der Waals surface area contributed by atoms with Crippen molar-refractivity contribution in [2.45, 2.75) is 19.8 Å². The molecule has 0 saturated heterocycles. The molecule has 0 heterocycles. The molecule has 0 N–H and O–H groups in total. The summed E-state index contributed by atoms with van der Waals surface area (Å²) in [7, 11) is 0. The first kappa shape index (κ1) is 13.3. The van der Waals surface area contributed by atoms with Gasteiger partial charge in [-0.1, -0.05) is 61.6 Å². The molecule has 2 rings (SSSR count). The molecule has 2 atom stereocenters. The van der Waals surface area contributed by atoms with Crippen molar-refractivity contribution in [1.82, 2.24) is 0 Å². The monoisotopic (exact) mass is 251 g/mol. The van der Waals surface area contributed by atoms with Crippen molar-refractivity contribution in [1.29, 1.82) is 5.26 Å². The smallest absolute Gasteiger partial charge is 0.173 e. The molecule has 1 aliphatic carbocycles. The van der Waals surface area contributed by atoms with Crippen molar-refractivity contribution in [2.24, 2.45) is 11.3 Å². The van der Waals surface area contributed by atoms with Crippen LogP contribution in [0.25, 0.3) is 0 Å². The number of ketones is 1. The first-order chi connectivity index (χ1) is 9.24. The lowest BCUT2D eigenvalue weighted by Gasteiger charge is -2.35. The van der Waals surface area contributed by atoms with Gasteiger partial charge in [0.15, 0.2) is 5.78 Å². The van der Waals surface area contributed by atoms with Crippen LogP contribution < -0.4 is 0 Å². The largest absolute Gasteiger partial charge is 0.293 e. The predicted molar refractivity (Wildman–Crippen MR) is 75.5 cm³/mol. The Balaban J connectivity index is 2.42. The molecule has 1 aromatic rings. The molecule has 0 fully saturated rings. The second kappa shape index (κ2) is 5.67. The number of carbonyl (C=O) groups excluding carboxylic acids is 1. The third-order valence-corrected chi connectivity index (χ3v) is 3.86. The Morgan fingerprint density at radius 3 is 2.68 bits per heavy atom. The van der Waals surface area contributed by atoms with E-state index >= 15 is 0 Å². The van der Waals surface area contributed by atoms with Crippen LogP contribution in [-0.2, 0) is 0 Å². The molecule has 96 valence electrons. The van der Waals surface area contributed by atoms with Crippen molar-refractivity contribution < 1.29 is 4.79 Å². The molecule has 1 aliphatic rings. The van der Waals surface area contributed by atoms with Gasteiger partial charge in [-0.3, -0.25) is 4.79 Å². The molecule has 0 radical (unpaired) electrons. The van der Waals surface area contributed by atoms with E-state index in [1.165, 1.54) is 0 Å². The van der Waals surface area contributed by atoms with Gasteiger partial charge in [0.2, 0.25) is 0 Å². The highest BCUT2D eigenvalue weighted by Gasteiger charge is 2.41. The molecule has 0 spiro atoms. The van der Waals surface area contributed by atoms with E-state index in [-0.39, 0.29) is 11.7 Å². The number of carbonyl (C=O) groups is 1. The van der Waals surface area contributed by atoms with Gasteiger partial charge in [-0.05, 0) is 6.42 Å². The van der Waals surface area contributed by atoms with E-state index in [0.717, 1.165) is 0 Å².